The maximum atomic E-state index is 13.4. The third kappa shape index (κ3) is 3.58. The molecule has 0 saturated heterocycles. The van der Waals surface area contributed by atoms with Crippen LogP contribution in [0.15, 0.2) is 9.13 Å². The summed E-state index contributed by atoms with van der Waals surface area (Å²) in [5, 5.41) is 4.20. The summed E-state index contributed by atoms with van der Waals surface area (Å²) in [5.74, 6) is 0.273. The predicted molar refractivity (Wildman–Crippen MR) is 81.3 cm³/mol. The summed E-state index contributed by atoms with van der Waals surface area (Å²) in [6, 6.07) is 0. The minimum absolute atomic E-state index is 0.0175. The van der Waals surface area contributed by atoms with Gasteiger partial charge >= 0.3 is 0 Å². The fraction of sp³-hybridized carbons (Fsp3) is 0.615. The van der Waals surface area contributed by atoms with Gasteiger partial charge in [-0.05, 0) is 13.3 Å². The Morgan fingerprint density at radius 1 is 1.30 bits per heavy atom. The van der Waals surface area contributed by atoms with Crippen LogP contribution in [-0.2, 0) is 0 Å². The van der Waals surface area contributed by atoms with Gasteiger partial charge in [-0.15, -0.1) is 5.10 Å². The quantitative estimate of drug-likeness (QED) is 0.444. The lowest BCUT2D eigenvalue weighted by Crippen LogP contribution is -2.19. The number of hydrogen-bond donors (Lipinski definition) is 0. The molecular formula is C13H18FN3OS2. The van der Waals surface area contributed by atoms with Gasteiger partial charge in [-0.25, -0.2) is 0 Å². The van der Waals surface area contributed by atoms with E-state index in [0.29, 0.717) is 4.96 Å². The lowest BCUT2D eigenvalue weighted by atomic mass is 10.2. The first kappa shape index (κ1) is 15.4. The summed E-state index contributed by atoms with van der Waals surface area (Å²) in [4.78, 5) is 15.9. The van der Waals surface area contributed by atoms with E-state index in [1.54, 1.807) is 11.8 Å². The van der Waals surface area contributed by atoms with Crippen LogP contribution >= 0.6 is 23.1 Å². The monoisotopic (exact) mass is 315 g/mol. The number of hydrogen-bond acceptors (Lipinski definition) is 5. The highest BCUT2D eigenvalue weighted by Gasteiger charge is 2.12. The Balaban J connectivity index is 1.98. The van der Waals surface area contributed by atoms with Crippen molar-refractivity contribution in [2.75, 3.05) is 5.75 Å². The third-order valence-corrected chi connectivity index (χ3v) is 5.16. The Morgan fingerprint density at radius 2 is 2.05 bits per heavy atom. The first-order valence-corrected chi connectivity index (χ1v) is 8.62. The Hall–Kier alpha value is -0.950. The van der Waals surface area contributed by atoms with Crippen molar-refractivity contribution in [3.8, 4) is 0 Å². The van der Waals surface area contributed by atoms with Crippen molar-refractivity contribution in [3.63, 3.8) is 0 Å². The molecule has 0 aliphatic rings. The van der Waals surface area contributed by atoms with Crippen LogP contribution in [0, 0.1) is 12.9 Å². The molecule has 20 heavy (non-hydrogen) atoms. The molecule has 0 radical (unpaired) electrons. The molecule has 0 aliphatic carbocycles. The largest absolute Gasteiger partial charge is 0.281 e. The van der Waals surface area contributed by atoms with Crippen LogP contribution < -0.4 is 5.56 Å². The highest BCUT2D eigenvalue weighted by Crippen LogP contribution is 2.24. The summed E-state index contributed by atoms with van der Waals surface area (Å²) < 4.78 is 15.4. The highest BCUT2D eigenvalue weighted by molar-refractivity contribution is 8.01. The number of rotatable bonds is 7. The molecule has 0 amide bonds. The molecule has 7 heteroatoms. The molecule has 2 rings (SSSR count). The molecular weight excluding hydrogens is 297 g/mol. The van der Waals surface area contributed by atoms with Gasteiger partial charge in [0.05, 0.1) is 5.56 Å². The Labute approximate surface area is 125 Å². The van der Waals surface area contributed by atoms with Gasteiger partial charge in [-0.1, -0.05) is 55.7 Å². The first-order valence-electron chi connectivity index (χ1n) is 6.82. The molecule has 0 unspecified atom stereocenters. The third-order valence-electron chi connectivity index (χ3n) is 3.03. The molecule has 0 spiro atoms. The number of aromatic nitrogens is 3. The predicted octanol–water partition coefficient (Wildman–Crippen LogP) is 3.66. The Bertz CT molecular complexity index is 638. The second-order valence-corrected chi connectivity index (χ2v) is 6.96. The second kappa shape index (κ2) is 7.17. The van der Waals surface area contributed by atoms with E-state index in [4.69, 9.17) is 0 Å². The summed E-state index contributed by atoms with van der Waals surface area (Å²) in [6.45, 7) is 3.62. The van der Waals surface area contributed by atoms with Crippen LogP contribution in [0.4, 0.5) is 4.39 Å². The summed E-state index contributed by atoms with van der Waals surface area (Å²) in [5.41, 5.74) is -0.400. The van der Waals surface area contributed by atoms with E-state index in [1.165, 1.54) is 48.5 Å². The number of halogens is 1. The molecule has 2 aromatic heterocycles. The van der Waals surface area contributed by atoms with E-state index in [2.05, 4.69) is 17.0 Å². The first-order chi connectivity index (χ1) is 9.63. The van der Waals surface area contributed by atoms with Crippen molar-refractivity contribution in [1.29, 1.82) is 0 Å². The Kier molecular flexibility index (Phi) is 5.54. The van der Waals surface area contributed by atoms with Gasteiger partial charge in [0, 0.05) is 5.75 Å². The van der Waals surface area contributed by atoms with Crippen molar-refractivity contribution in [3.05, 3.63) is 21.9 Å². The van der Waals surface area contributed by atoms with Crippen molar-refractivity contribution in [2.45, 2.75) is 50.3 Å². The van der Waals surface area contributed by atoms with Crippen molar-refractivity contribution in [1.82, 2.24) is 14.6 Å². The normalized spacial score (nSPS) is 11.3. The van der Waals surface area contributed by atoms with E-state index >= 15 is 0 Å². The number of thioether (sulfide) groups is 1. The van der Waals surface area contributed by atoms with Gasteiger partial charge in [0.15, 0.2) is 4.34 Å². The van der Waals surface area contributed by atoms with Crippen molar-refractivity contribution >= 4 is 28.1 Å². The van der Waals surface area contributed by atoms with E-state index < -0.39 is 11.5 Å². The lowest BCUT2D eigenvalue weighted by Gasteiger charge is -1.97. The van der Waals surface area contributed by atoms with Gasteiger partial charge < -0.3 is 0 Å². The smallest absolute Gasteiger partial charge is 0.267 e. The zero-order valence-electron chi connectivity index (χ0n) is 11.7. The van der Waals surface area contributed by atoms with Gasteiger partial charge in [0.25, 0.3) is 5.56 Å². The summed E-state index contributed by atoms with van der Waals surface area (Å²) >= 11 is 2.88. The molecule has 2 heterocycles. The van der Waals surface area contributed by atoms with Crippen LogP contribution in [0.3, 0.4) is 0 Å². The molecule has 4 nitrogen and oxygen atoms in total. The van der Waals surface area contributed by atoms with E-state index in [1.807, 2.05) is 0 Å². The molecule has 2 aromatic rings. The number of unbranched alkanes of at least 4 members (excludes halogenated alkanes) is 4. The standard InChI is InChI=1S/C13H18FN3OS2/c1-3-4-5-6-7-8-19-13-16-17-11(18)9(2)10(14)15-12(17)20-13/h3-8H2,1-2H3. The van der Waals surface area contributed by atoms with Crippen LogP contribution in [0.5, 0.6) is 0 Å². The molecule has 0 N–H and O–H groups in total. The molecule has 110 valence electrons. The highest BCUT2D eigenvalue weighted by atomic mass is 32.2. The molecule has 0 saturated carbocycles. The van der Waals surface area contributed by atoms with Crippen LogP contribution in [-0.4, -0.2) is 20.4 Å². The van der Waals surface area contributed by atoms with E-state index in [-0.39, 0.29) is 5.56 Å². The van der Waals surface area contributed by atoms with Crippen LogP contribution in [0.2, 0.25) is 0 Å². The maximum Gasteiger partial charge on any atom is 0.281 e. The van der Waals surface area contributed by atoms with Crippen molar-refractivity contribution in [2.24, 2.45) is 0 Å². The fourth-order valence-electron chi connectivity index (χ4n) is 1.81. The van der Waals surface area contributed by atoms with Crippen molar-refractivity contribution < 1.29 is 4.39 Å². The summed E-state index contributed by atoms with van der Waals surface area (Å²) in [7, 11) is 0. The van der Waals surface area contributed by atoms with Crippen LogP contribution in [0.25, 0.3) is 4.96 Å². The second-order valence-electron chi connectivity index (χ2n) is 4.66. The lowest BCUT2D eigenvalue weighted by molar-refractivity contribution is 0.568. The van der Waals surface area contributed by atoms with E-state index in [0.717, 1.165) is 16.5 Å². The van der Waals surface area contributed by atoms with Gasteiger partial charge in [0.1, 0.15) is 0 Å². The zero-order valence-corrected chi connectivity index (χ0v) is 13.3. The average Bonchev–Trinajstić information content (AvgIpc) is 2.83. The minimum atomic E-state index is -0.699. The zero-order chi connectivity index (χ0) is 14.5. The summed E-state index contributed by atoms with van der Waals surface area (Å²) in [6.07, 6.45) is 6.14. The van der Waals surface area contributed by atoms with Gasteiger partial charge in [-0.3, -0.25) is 4.79 Å². The Morgan fingerprint density at radius 3 is 2.80 bits per heavy atom. The van der Waals surface area contributed by atoms with E-state index in [9.17, 15) is 9.18 Å². The van der Waals surface area contributed by atoms with Gasteiger partial charge in [0.2, 0.25) is 10.9 Å². The van der Waals surface area contributed by atoms with Crippen LogP contribution in [0.1, 0.15) is 44.6 Å². The molecule has 0 bridgehead atoms. The molecule has 0 fully saturated rings. The molecule has 0 aliphatic heterocycles. The number of fused-ring (bicyclic) bond motifs is 1. The molecule has 0 aromatic carbocycles. The SMILES string of the molecule is CCCCCCCSc1nn2c(=O)c(C)c(F)nc2s1. The molecule has 0 atom stereocenters. The number of nitrogens with zero attached hydrogens (tertiary/aromatic N) is 3. The fourth-order valence-corrected chi connectivity index (χ4v) is 3.79. The maximum absolute atomic E-state index is 13.4. The topological polar surface area (TPSA) is 47.3 Å². The minimum Gasteiger partial charge on any atom is -0.267 e. The average molecular weight is 315 g/mol. The van der Waals surface area contributed by atoms with Gasteiger partial charge in [-0.2, -0.15) is 13.9 Å².